The first-order valence-corrected chi connectivity index (χ1v) is 6.55. The smallest absolute Gasteiger partial charge is 0.243 e. The Morgan fingerprint density at radius 3 is 3.06 bits per heavy atom. The molecule has 0 bridgehead atoms. The van der Waals surface area contributed by atoms with Gasteiger partial charge in [-0.15, -0.1) is 0 Å². The van der Waals surface area contributed by atoms with Crippen LogP contribution in [-0.4, -0.2) is 32.1 Å². The van der Waals surface area contributed by atoms with E-state index in [9.17, 15) is 0 Å². The first kappa shape index (κ1) is 12.0. The third-order valence-corrected chi connectivity index (χ3v) is 2.83. The molecule has 0 fully saturated rings. The van der Waals surface area contributed by atoms with E-state index in [-0.39, 0.29) is 6.04 Å². The molecule has 0 saturated heterocycles. The van der Waals surface area contributed by atoms with E-state index in [4.69, 9.17) is 10.3 Å². The Morgan fingerprint density at radius 1 is 1.47 bits per heavy atom. The van der Waals surface area contributed by atoms with Gasteiger partial charge in [0.25, 0.3) is 0 Å². The zero-order valence-electron chi connectivity index (χ0n) is 9.41. The van der Waals surface area contributed by atoms with Crippen LogP contribution in [0.2, 0.25) is 0 Å². The average Bonchev–Trinajstić information content (AvgIpc) is 2.86. The van der Waals surface area contributed by atoms with Crippen molar-refractivity contribution >= 4 is 11.8 Å². The van der Waals surface area contributed by atoms with Crippen LogP contribution in [0.4, 0.5) is 0 Å². The zero-order valence-corrected chi connectivity index (χ0v) is 10.2. The summed E-state index contributed by atoms with van der Waals surface area (Å²) in [6.07, 6.45) is 7.60. The summed E-state index contributed by atoms with van der Waals surface area (Å²) >= 11 is 1.74. The Morgan fingerprint density at radius 2 is 2.35 bits per heavy atom. The molecule has 0 spiro atoms. The molecule has 0 unspecified atom stereocenters. The highest BCUT2D eigenvalue weighted by Gasteiger charge is 2.15. The van der Waals surface area contributed by atoms with Crippen molar-refractivity contribution in [1.29, 1.82) is 0 Å². The first-order chi connectivity index (χ1) is 8.31. The maximum absolute atomic E-state index is 5.93. The van der Waals surface area contributed by atoms with E-state index in [2.05, 4.69) is 20.1 Å². The maximum atomic E-state index is 5.93. The lowest BCUT2D eigenvalue weighted by Crippen LogP contribution is -2.11. The van der Waals surface area contributed by atoms with Gasteiger partial charge in [-0.25, -0.2) is 4.98 Å². The minimum Gasteiger partial charge on any atom is -0.337 e. The van der Waals surface area contributed by atoms with Crippen LogP contribution in [0.3, 0.4) is 0 Å². The van der Waals surface area contributed by atoms with Gasteiger partial charge in [-0.2, -0.15) is 16.7 Å². The number of rotatable bonds is 5. The topological polar surface area (TPSA) is 90.7 Å². The number of hydrogen-bond acceptors (Lipinski definition) is 7. The van der Waals surface area contributed by atoms with Crippen LogP contribution in [0, 0.1) is 0 Å². The van der Waals surface area contributed by atoms with Crippen molar-refractivity contribution in [3.63, 3.8) is 0 Å². The van der Waals surface area contributed by atoms with E-state index < -0.39 is 0 Å². The van der Waals surface area contributed by atoms with Crippen LogP contribution in [0.1, 0.15) is 18.4 Å². The average molecular weight is 251 g/mol. The Labute approximate surface area is 103 Å². The van der Waals surface area contributed by atoms with Crippen molar-refractivity contribution < 1.29 is 4.52 Å². The monoisotopic (exact) mass is 251 g/mol. The number of thioether (sulfide) groups is 1. The molecule has 1 atom stereocenters. The van der Waals surface area contributed by atoms with Crippen LogP contribution in [0.25, 0.3) is 11.5 Å². The number of aromatic nitrogens is 4. The summed E-state index contributed by atoms with van der Waals surface area (Å²) in [5.74, 6) is 1.83. The highest BCUT2D eigenvalue weighted by Crippen LogP contribution is 2.17. The van der Waals surface area contributed by atoms with Gasteiger partial charge < -0.3 is 10.3 Å². The summed E-state index contributed by atoms with van der Waals surface area (Å²) < 4.78 is 5.11. The number of nitrogens with zero attached hydrogens (tertiary/aromatic N) is 4. The molecule has 2 aromatic rings. The van der Waals surface area contributed by atoms with Crippen LogP contribution >= 0.6 is 11.8 Å². The molecule has 6 nitrogen and oxygen atoms in total. The van der Waals surface area contributed by atoms with Gasteiger partial charge in [-0.05, 0) is 18.4 Å². The Bertz CT molecular complexity index is 461. The molecular weight excluding hydrogens is 238 g/mol. The Balaban J connectivity index is 2.11. The van der Waals surface area contributed by atoms with Gasteiger partial charge >= 0.3 is 0 Å². The SMILES string of the molecule is CSCC[C@@H](N)c1nc(-c2cnccn2)no1. The highest BCUT2D eigenvalue weighted by atomic mass is 32.2. The largest absolute Gasteiger partial charge is 0.337 e. The van der Waals surface area contributed by atoms with E-state index in [1.165, 1.54) is 0 Å². The molecule has 90 valence electrons. The van der Waals surface area contributed by atoms with Crippen LogP contribution in [-0.2, 0) is 0 Å². The summed E-state index contributed by atoms with van der Waals surface area (Å²) in [7, 11) is 0. The van der Waals surface area contributed by atoms with E-state index in [0.717, 1.165) is 12.2 Å². The fourth-order valence-electron chi connectivity index (χ4n) is 1.27. The molecule has 0 radical (unpaired) electrons. The molecule has 2 rings (SSSR count). The van der Waals surface area contributed by atoms with E-state index in [1.54, 1.807) is 30.4 Å². The molecule has 0 aliphatic carbocycles. The molecule has 7 heteroatoms. The van der Waals surface area contributed by atoms with E-state index in [0.29, 0.717) is 17.4 Å². The summed E-state index contributed by atoms with van der Waals surface area (Å²) in [6, 6.07) is -0.222. The quantitative estimate of drug-likeness (QED) is 0.855. The summed E-state index contributed by atoms with van der Waals surface area (Å²) in [5.41, 5.74) is 6.51. The third-order valence-electron chi connectivity index (χ3n) is 2.18. The fraction of sp³-hybridized carbons (Fsp3) is 0.400. The number of hydrogen-bond donors (Lipinski definition) is 1. The van der Waals surface area contributed by atoms with Crippen LogP contribution in [0.5, 0.6) is 0 Å². The van der Waals surface area contributed by atoms with Crippen LogP contribution in [0.15, 0.2) is 23.1 Å². The molecule has 0 aliphatic heterocycles. The second-order valence-corrected chi connectivity index (χ2v) is 4.42. The van der Waals surface area contributed by atoms with Gasteiger partial charge in [0.15, 0.2) is 0 Å². The Kier molecular flexibility index (Phi) is 4.05. The Hall–Kier alpha value is -1.47. The predicted molar refractivity (Wildman–Crippen MR) is 65.3 cm³/mol. The van der Waals surface area contributed by atoms with Gasteiger partial charge in [0.1, 0.15) is 5.69 Å². The maximum Gasteiger partial charge on any atom is 0.243 e. The molecule has 2 N–H and O–H groups in total. The van der Waals surface area contributed by atoms with Crippen molar-refractivity contribution in [2.45, 2.75) is 12.5 Å². The molecule has 0 saturated carbocycles. The van der Waals surface area contributed by atoms with Crippen molar-refractivity contribution in [2.75, 3.05) is 12.0 Å². The molecule has 0 amide bonds. The number of nitrogens with two attached hydrogens (primary N) is 1. The first-order valence-electron chi connectivity index (χ1n) is 5.15. The molecular formula is C10H13N5OS. The summed E-state index contributed by atoms with van der Waals surface area (Å²) in [5, 5.41) is 3.84. The second-order valence-electron chi connectivity index (χ2n) is 3.43. The van der Waals surface area contributed by atoms with E-state index >= 15 is 0 Å². The molecule has 2 aromatic heterocycles. The van der Waals surface area contributed by atoms with Crippen LogP contribution < -0.4 is 5.73 Å². The predicted octanol–water partition coefficient (Wildman–Crippen LogP) is 1.28. The van der Waals surface area contributed by atoms with Crippen molar-refractivity contribution in [3.05, 3.63) is 24.5 Å². The fourth-order valence-corrected chi connectivity index (χ4v) is 1.76. The minimum absolute atomic E-state index is 0.222. The third kappa shape index (κ3) is 3.01. The molecule has 2 heterocycles. The standard InChI is InChI=1S/C10H13N5OS/c1-17-5-2-7(11)10-14-9(15-16-10)8-6-12-3-4-13-8/h3-4,6-7H,2,5,11H2,1H3/t7-/m1/s1. The molecule has 0 aromatic carbocycles. The second kappa shape index (κ2) is 5.74. The highest BCUT2D eigenvalue weighted by molar-refractivity contribution is 7.98. The van der Waals surface area contributed by atoms with Gasteiger partial charge in [0.05, 0.1) is 12.2 Å². The lowest BCUT2D eigenvalue weighted by atomic mass is 10.2. The minimum atomic E-state index is -0.222. The van der Waals surface area contributed by atoms with Gasteiger partial charge in [0.2, 0.25) is 11.7 Å². The van der Waals surface area contributed by atoms with Crippen molar-refractivity contribution in [3.8, 4) is 11.5 Å². The van der Waals surface area contributed by atoms with Crippen molar-refractivity contribution in [1.82, 2.24) is 20.1 Å². The van der Waals surface area contributed by atoms with Crippen molar-refractivity contribution in [2.24, 2.45) is 5.73 Å². The lowest BCUT2D eigenvalue weighted by Gasteiger charge is -2.03. The van der Waals surface area contributed by atoms with Gasteiger partial charge in [0, 0.05) is 12.4 Å². The normalized spacial score (nSPS) is 12.6. The lowest BCUT2D eigenvalue weighted by molar-refractivity contribution is 0.353. The summed E-state index contributed by atoms with van der Waals surface area (Å²) in [6.45, 7) is 0. The van der Waals surface area contributed by atoms with E-state index in [1.807, 2.05) is 6.26 Å². The molecule has 0 aliphatic rings. The summed E-state index contributed by atoms with van der Waals surface area (Å²) in [4.78, 5) is 12.3. The molecule has 17 heavy (non-hydrogen) atoms. The van der Waals surface area contributed by atoms with Gasteiger partial charge in [-0.3, -0.25) is 4.98 Å². The zero-order chi connectivity index (χ0) is 12.1. The van der Waals surface area contributed by atoms with Gasteiger partial charge in [-0.1, -0.05) is 5.16 Å².